The van der Waals surface area contributed by atoms with Crippen molar-refractivity contribution in [1.29, 1.82) is 0 Å². The summed E-state index contributed by atoms with van der Waals surface area (Å²) in [5.74, 6) is 0. The zero-order chi connectivity index (χ0) is 10.6. The second kappa shape index (κ2) is 5.98. The van der Waals surface area contributed by atoms with Crippen molar-refractivity contribution in [1.82, 2.24) is 0 Å². The molecule has 0 aliphatic rings. The van der Waals surface area contributed by atoms with Crippen LogP contribution in [0.2, 0.25) is 0 Å². The van der Waals surface area contributed by atoms with Crippen LogP contribution in [-0.4, -0.2) is 6.18 Å². The number of alkyl halides is 3. The Hall–Kier alpha value is -0.740. The van der Waals surface area contributed by atoms with Crippen LogP contribution in [0.4, 0.5) is 13.2 Å². The number of halogens is 4. The van der Waals surface area contributed by atoms with Gasteiger partial charge in [-0.15, -0.1) is 12.4 Å². The number of rotatable bonds is 3. The lowest BCUT2D eigenvalue weighted by Crippen LogP contribution is -2.15. The Morgan fingerprint density at radius 1 is 1.13 bits per heavy atom. The highest BCUT2D eigenvalue weighted by molar-refractivity contribution is 5.85. The van der Waals surface area contributed by atoms with Crippen LogP contribution in [0.25, 0.3) is 0 Å². The summed E-state index contributed by atoms with van der Waals surface area (Å²) in [6.45, 7) is 0. The van der Waals surface area contributed by atoms with E-state index in [0.717, 1.165) is 5.56 Å². The molecular weight excluding hydrogens is 227 g/mol. The van der Waals surface area contributed by atoms with Gasteiger partial charge in [-0.1, -0.05) is 30.3 Å². The van der Waals surface area contributed by atoms with Gasteiger partial charge in [0.25, 0.3) is 0 Å². The summed E-state index contributed by atoms with van der Waals surface area (Å²) >= 11 is 0. The first kappa shape index (κ1) is 14.3. The molecule has 0 fully saturated rings. The zero-order valence-electron chi connectivity index (χ0n) is 8.00. The van der Waals surface area contributed by atoms with Gasteiger partial charge in [0.05, 0.1) is 0 Å². The highest BCUT2D eigenvalue weighted by atomic mass is 35.5. The lowest BCUT2D eigenvalue weighted by Gasteiger charge is -2.13. The first-order valence-corrected chi connectivity index (χ1v) is 4.36. The van der Waals surface area contributed by atoms with E-state index in [2.05, 4.69) is 0 Å². The minimum absolute atomic E-state index is 0. The molecule has 0 heterocycles. The Balaban J connectivity index is 0.00000196. The van der Waals surface area contributed by atoms with Crippen LogP contribution in [0.1, 0.15) is 24.4 Å². The van der Waals surface area contributed by atoms with E-state index < -0.39 is 18.6 Å². The molecule has 0 amide bonds. The van der Waals surface area contributed by atoms with Gasteiger partial charge in [0.15, 0.2) is 0 Å². The zero-order valence-corrected chi connectivity index (χ0v) is 8.81. The van der Waals surface area contributed by atoms with Gasteiger partial charge in [0, 0.05) is 12.5 Å². The molecule has 0 aliphatic carbocycles. The Morgan fingerprint density at radius 2 is 1.67 bits per heavy atom. The van der Waals surface area contributed by atoms with E-state index in [1.807, 2.05) is 0 Å². The number of nitrogens with two attached hydrogens (primary N) is 1. The molecule has 1 unspecified atom stereocenters. The first-order chi connectivity index (χ1) is 6.49. The number of hydrogen-bond acceptors (Lipinski definition) is 1. The minimum atomic E-state index is -4.12. The molecule has 0 radical (unpaired) electrons. The van der Waals surface area contributed by atoms with E-state index in [-0.39, 0.29) is 18.8 Å². The van der Waals surface area contributed by atoms with Crippen LogP contribution < -0.4 is 5.73 Å². The summed E-state index contributed by atoms with van der Waals surface area (Å²) in [6.07, 6.45) is -5.01. The fourth-order valence-corrected chi connectivity index (χ4v) is 1.19. The van der Waals surface area contributed by atoms with E-state index in [9.17, 15) is 13.2 Å². The van der Waals surface area contributed by atoms with Gasteiger partial charge >= 0.3 is 6.18 Å². The maximum absolute atomic E-state index is 11.9. The third kappa shape index (κ3) is 5.64. The highest BCUT2D eigenvalue weighted by Gasteiger charge is 2.27. The number of benzene rings is 1. The lowest BCUT2D eigenvalue weighted by atomic mass is 10.0. The molecule has 0 saturated heterocycles. The summed E-state index contributed by atoms with van der Waals surface area (Å²) < 4.78 is 35.6. The van der Waals surface area contributed by atoms with E-state index in [0.29, 0.717) is 0 Å². The largest absolute Gasteiger partial charge is 0.389 e. The van der Waals surface area contributed by atoms with Crippen molar-refractivity contribution in [2.24, 2.45) is 5.73 Å². The molecule has 1 aromatic rings. The molecule has 5 heteroatoms. The van der Waals surface area contributed by atoms with Crippen molar-refractivity contribution < 1.29 is 13.2 Å². The summed E-state index contributed by atoms with van der Waals surface area (Å²) in [5.41, 5.74) is 6.35. The third-order valence-electron chi connectivity index (χ3n) is 1.97. The Bertz CT molecular complexity index is 274. The topological polar surface area (TPSA) is 26.0 Å². The fraction of sp³-hybridized carbons (Fsp3) is 0.400. The van der Waals surface area contributed by atoms with Crippen LogP contribution in [0, 0.1) is 0 Å². The minimum Gasteiger partial charge on any atom is -0.324 e. The van der Waals surface area contributed by atoms with Gasteiger partial charge in [-0.3, -0.25) is 0 Å². The van der Waals surface area contributed by atoms with Crippen LogP contribution in [0.5, 0.6) is 0 Å². The number of hydrogen-bond donors (Lipinski definition) is 1. The van der Waals surface area contributed by atoms with Crippen LogP contribution in [-0.2, 0) is 0 Å². The average Bonchev–Trinajstić information content (AvgIpc) is 2.14. The molecule has 0 saturated carbocycles. The molecule has 0 bridgehead atoms. The molecule has 0 aliphatic heterocycles. The molecule has 15 heavy (non-hydrogen) atoms. The molecular formula is C10H13ClF3N. The third-order valence-corrected chi connectivity index (χ3v) is 1.97. The van der Waals surface area contributed by atoms with Gasteiger partial charge in [-0.25, -0.2) is 0 Å². The summed E-state index contributed by atoms with van der Waals surface area (Å²) in [5, 5.41) is 0. The first-order valence-electron chi connectivity index (χ1n) is 4.36. The normalized spacial score (nSPS) is 13.1. The quantitative estimate of drug-likeness (QED) is 0.859. The molecule has 86 valence electrons. The maximum Gasteiger partial charge on any atom is 0.389 e. The second-order valence-electron chi connectivity index (χ2n) is 3.17. The lowest BCUT2D eigenvalue weighted by molar-refractivity contribution is -0.136. The van der Waals surface area contributed by atoms with E-state index in [1.165, 1.54) is 0 Å². The summed E-state index contributed by atoms with van der Waals surface area (Å²) in [7, 11) is 0. The van der Waals surface area contributed by atoms with Crippen molar-refractivity contribution in [2.75, 3.05) is 0 Å². The smallest absolute Gasteiger partial charge is 0.324 e. The Morgan fingerprint density at radius 3 is 2.13 bits per heavy atom. The predicted octanol–water partition coefficient (Wildman–Crippen LogP) is 3.45. The molecule has 1 rings (SSSR count). The van der Waals surface area contributed by atoms with E-state index >= 15 is 0 Å². The van der Waals surface area contributed by atoms with E-state index in [1.54, 1.807) is 30.3 Å². The SMILES string of the molecule is Cl.NC(CCC(F)(F)F)c1ccccc1. The van der Waals surface area contributed by atoms with Crippen LogP contribution in [0.15, 0.2) is 30.3 Å². The maximum atomic E-state index is 11.9. The fourth-order valence-electron chi connectivity index (χ4n) is 1.19. The van der Waals surface area contributed by atoms with Gasteiger partial charge < -0.3 is 5.73 Å². The standard InChI is InChI=1S/C10H12F3N.ClH/c11-10(12,13)7-6-9(14)8-4-2-1-3-5-8;/h1-5,9H,6-7,14H2;1H. The Kier molecular flexibility index (Phi) is 5.68. The van der Waals surface area contributed by atoms with Gasteiger partial charge in [-0.05, 0) is 12.0 Å². The van der Waals surface area contributed by atoms with Gasteiger partial charge in [-0.2, -0.15) is 13.2 Å². The Labute approximate surface area is 92.9 Å². The van der Waals surface area contributed by atoms with E-state index in [4.69, 9.17) is 5.73 Å². The molecule has 2 N–H and O–H groups in total. The van der Waals surface area contributed by atoms with Crippen molar-refractivity contribution in [3.63, 3.8) is 0 Å². The molecule has 1 nitrogen and oxygen atoms in total. The van der Waals surface area contributed by atoms with Crippen molar-refractivity contribution in [3.05, 3.63) is 35.9 Å². The van der Waals surface area contributed by atoms with Gasteiger partial charge in [0.1, 0.15) is 0 Å². The average molecular weight is 240 g/mol. The molecule has 0 aromatic heterocycles. The monoisotopic (exact) mass is 239 g/mol. The highest BCUT2D eigenvalue weighted by Crippen LogP contribution is 2.25. The second-order valence-corrected chi connectivity index (χ2v) is 3.17. The predicted molar refractivity (Wildman–Crippen MR) is 55.9 cm³/mol. The molecule has 1 atom stereocenters. The molecule has 0 spiro atoms. The van der Waals surface area contributed by atoms with Crippen molar-refractivity contribution in [3.8, 4) is 0 Å². The van der Waals surface area contributed by atoms with Crippen LogP contribution >= 0.6 is 12.4 Å². The van der Waals surface area contributed by atoms with Gasteiger partial charge in [0.2, 0.25) is 0 Å². The summed E-state index contributed by atoms with van der Waals surface area (Å²) in [4.78, 5) is 0. The van der Waals surface area contributed by atoms with Crippen LogP contribution in [0.3, 0.4) is 0 Å². The van der Waals surface area contributed by atoms with Crippen molar-refractivity contribution >= 4 is 12.4 Å². The molecule has 1 aromatic carbocycles. The van der Waals surface area contributed by atoms with Crippen molar-refractivity contribution in [2.45, 2.75) is 25.1 Å². The summed E-state index contributed by atoms with van der Waals surface area (Å²) in [6, 6.07) is 8.28.